The number of carbonyl (C=O) groups excluding carboxylic acids is 2. The summed E-state index contributed by atoms with van der Waals surface area (Å²) in [4.78, 5) is 29.6. The predicted molar refractivity (Wildman–Crippen MR) is 116 cm³/mol. The van der Waals surface area contributed by atoms with Gasteiger partial charge in [0.1, 0.15) is 6.54 Å². The van der Waals surface area contributed by atoms with Crippen LogP contribution < -0.4 is 4.90 Å². The van der Waals surface area contributed by atoms with Crippen LogP contribution in [-0.2, 0) is 4.79 Å². The number of likely N-dealkylation sites (N-methyl/N-ethyl adjacent to an activating group) is 1. The van der Waals surface area contributed by atoms with Gasteiger partial charge in [-0.3, -0.25) is 9.59 Å². The molecule has 1 aliphatic rings. The SMILES string of the molecule is CN1C(=O)CN(C(=O)c2ccc(Cl)cc2)C(c2ccccc2)c2cc(Cl)ccc21. The van der Waals surface area contributed by atoms with E-state index < -0.39 is 6.04 Å². The van der Waals surface area contributed by atoms with E-state index in [2.05, 4.69) is 0 Å². The smallest absolute Gasteiger partial charge is 0.255 e. The molecule has 0 aliphatic carbocycles. The fourth-order valence-corrected chi connectivity index (χ4v) is 3.94. The molecule has 3 aromatic carbocycles. The van der Waals surface area contributed by atoms with Gasteiger partial charge in [0.05, 0.1) is 6.04 Å². The van der Waals surface area contributed by atoms with Crippen LogP contribution in [0.2, 0.25) is 10.0 Å². The maximum atomic E-state index is 13.5. The van der Waals surface area contributed by atoms with Crippen molar-refractivity contribution >= 4 is 40.7 Å². The Hall–Kier alpha value is -2.82. The van der Waals surface area contributed by atoms with Crippen molar-refractivity contribution in [3.05, 3.63) is 99.5 Å². The van der Waals surface area contributed by atoms with Crippen molar-refractivity contribution in [3.63, 3.8) is 0 Å². The first-order valence-electron chi connectivity index (χ1n) is 9.13. The molecule has 4 rings (SSSR count). The Morgan fingerprint density at radius 1 is 0.931 bits per heavy atom. The Bertz CT molecular complexity index is 1070. The van der Waals surface area contributed by atoms with E-state index in [9.17, 15) is 9.59 Å². The predicted octanol–water partition coefficient (Wildman–Crippen LogP) is 5.20. The number of amides is 2. The molecule has 0 saturated carbocycles. The second-order valence-electron chi connectivity index (χ2n) is 6.91. The molecule has 1 heterocycles. The zero-order valence-corrected chi connectivity index (χ0v) is 17.2. The summed E-state index contributed by atoms with van der Waals surface area (Å²) in [5.41, 5.74) is 2.91. The van der Waals surface area contributed by atoms with E-state index in [-0.39, 0.29) is 18.4 Å². The minimum atomic E-state index is -0.457. The van der Waals surface area contributed by atoms with Crippen LogP contribution in [0.4, 0.5) is 5.69 Å². The minimum Gasteiger partial charge on any atom is -0.318 e. The highest BCUT2D eigenvalue weighted by Crippen LogP contribution is 2.39. The molecule has 3 aromatic rings. The number of nitrogens with zero attached hydrogens (tertiary/aromatic N) is 2. The van der Waals surface area contributed by atoms with E-state index in [0.717, 1.165) is 16.8 Å². The van der Waals surface area contributed by atoms with Gasteiger partial charge >= 0.3 is 0 Å². The lowest BCUT2D eigenvalue weighted by molar-refractivity contribution is -0.119. The maximum Gasteiger partial charge on any atom is 0.255 e. The molecule has 1 aliphatic heterocycles. The highest BCUT2D eigenvalue weighted by molar-refractivity contribution is 6.31. The van der Waals surface area contributed by atoms with E-state index >= 15 is 0 Å². The van der Waals surface area contributed by atoms with Gasteiger partial charge in [-0.15, -0.1) is 0 Å². The van der Waals surface area contributed by atoms with Gasteiger partial charge in [-0.2, -0.15) is 0 Å². The number of hydrogen-bond acceptors (Lipinski definition) is 2. The standard InChI is InChI=1S/C23H18Cl2N2O2/c1-26-20-12-11-18(25)13-19(20)22(15-5-3-2-4-6-15)27(14-21(26)28)23(29)16-7-9-17(24)10-8-16/h2-13,22H,14H2,1H3. The molecule has 0 fully saturated rings. The molecule has 0 radical (unpaired) electrons. The Kier molecular flexibility index (Phi) is 5.31. The number of carbonyl (C=O) groups is 2. The molecule has 6 heteroatoms. The first-order chi connectivity index (χ1) is 14.0. The highest BCUT2D eigenvalue weighted by atomic mass is 35.5. The van der Waals surface area contributed by atoms with Gasteiger partial charge in [-0.05, 0) is 48.0 Å². The zero-order chi connectivity index (χ0) is 20.5. The molecule has 4 nitrogen and oxygen atoms in total. The molecule has 0 N–H and O–H groups in total. The van der Waals surface area contributed by atoms with Gasteiger partial charge in [0.2, 0.25) is 5.91 Å². The third-order valence-electron chi connectivity index (χ3n) is 5.10. The lowest BCUT2D eigenvalue weighted by Gasteiger charge is -2.30. The highest BCUT2D eigenvalue weighted by Gasteiger charge is 2.36. The summed E-state index contributed by atoms with van der Waals surface area (Å²) in [7, 11) is 1.72. The van der Waals surface area contributed by atoms with Crippen LogP contribution in [0, 0.1) is 0 Å². The molecular weight excluding hydrogens is 407 g/mol. The van der Waals surface area contributed by atoms with E-state index in [1.165, 1.54) is 0 Å². The summed E-state index contributed by atoms with van der Waals surface area (Å²) < 4.78 is 0. The van der Waals surface area contributed by atoms with E-state index in [1.54, 1.807) is 47.2 Å². The van der Waals surface area contributed by atoms with E-state index in [0.29, 0.717) is 15.6 Å². The maximum absolute atomic E-state index is 13.5. The van der Waals surface area contributed by atoms with Gasteiger partial charge < -0.3 is 9.80 Å². The van der Waals surface area contributed by atoms with Crippen LogP contribution in [0.15, 0.2) is 72.8 Å². The van der Waals surface area contributed by atoms with Crippen molar-refractivity contribution in [1.82, 2.24) is 4.90 Å². The third-order valence-corrected chi connectivity index (χ3v) is 5.59. The lowest BCUT2D eigenvalue weighted by atomic mass is 9.95. The van der Waals surface area contributed by atoms with E-state index in [1.807, 2.05) is 42.5 Å². The summed E-state index contributed by atoms with van der Waals surface area (Å²) in [5, 5.41) is 1.09. The number of rotatable bonds is 2. The first kappa shape index (κ1) is 19.5. The molecule has 0 aromatic heterocycles. The van der Waals surface area contributed by atoms with Crippen molar-refractivity contribution in [2.75, 3.05) is 18.5 Å². The summed E-state index contributed by atoms with van der Waals surface area (Å²) in [6.45, 7) is -0.0518. The zero-order valence-electron chi connectivity index (χ0n) is 15.7. The van der Waals surface area contributed by atoms with Crippen LogP contribution in [0.1, 0.15) is 27.5 Å². The second-order valence-corrected chi connectivity index (χ2v) is 7.78. The van der Waals surface area contributed by atoms with Crippen molar-refractivity contribution in [3.8, 4) is 0 Å². The van der Waals surface area contributed by atoms with Gasteiger partial charge in [0.15, 0.2) is 0 Å². The number of hydrogen-bond donors (Lipinski definition) is 0. The summed E-state index contributed by atoms with van der Waals surface area (Å²) in [6, 6.07) is 21.3. The van der Waals surface area contributed by atoms with Crippen LogP contribution in [-0.4, -0.2) is 30.3 Å². The normalized spacial score (nSPS) is 16.4. The van der Waals surface area contributed by atoms with Gasteiger partial charge in [0.25, 0.3) is 5.91 Å². The van der Waals surface area contributed by atoms with Crippen molar-refractivity contribution in [2.45, 2.75) is 6.04 Å². The van der Waals surface area contributed by atoms with Crippen LogP contribution in [0.5, 0.6) is 0 Å². The molecule has 0 bridgehead atoms. The first-order valence-corrected chi connectivity index (χ1v) is 9.89. The monoisotopic (exact) mass is 424 g/mol. The molecule has 0 saturated heterocycles. The molecule has 1 unspecified atom stereocenters. The molecule has 146 valence electrons. The lowest BCUT2D eigenvalue weighted by Crippen LogP contribution is -2.40. The van der Waals surface area contributed by atoms with Crippen molar-refractivity contribution in [2.24, 2.45) is 0 Å². The fourth-order valence-electron chi connectivity index (χ4n) is 3.64. The van der Waals surface area contributed by atoms with Gasteiger partial charge in [-0.25, -0.2) is 0 Å². The summed E-state index contributed by atoms with van der Waals surface area (Å²) >= 11 is 12.3. The largest absolute Gasteiger partial charge is 0.318 e. The average Bonchev–Trinajstić information content (AvgIpc) is 2.83. The summed E-state index contributed by atoms with van der Waals surface area (Å²) in [5.74, 6) is -0.417. The fraction of sp³-hybridized carbons (Fsp3) is 0.130. The Balaban J connectivity index is 1.91. The Labute approximate surface area is 179 Å². The quantitative estimate of drug-likeness (QED) is 0.566. The van der Waals surface area contributed by atoms with Crippen LogP contribution in [0.3, 0.4) is 0 Å². The van der Waals surface area contributed by atoms with Crippen LogP contribution in [0.25, 0.3) is 0 Å². The number of halogens is 2. The average molecular weight is 425 g/mol. The second kappa shape index (κ2) is 7.90. The van der Waals surface area contributed by atoms with Crippen molar-refractivity contribution in [1.29, 1.82) is 0 Å². The molecule has 29 heavy (non-hydrogen) atoms. The topological polar surface area (TPSA) is 40.6 Å². The van der Waals surface area contributed by atoms with Gasteiger partial charge in [0, 0.05) is 33.9 Å². The molecular formula is C23H18Cl2N2O2. The van der Waals surface area contributed by atoms with Crippen LogP contribution >= 0.6 is 23.2 Å². The summed E-state index contributed by atoms with van der Waals surface area (Å²) in [6.07, 6.45) is 0. The number of fused-ring (bicyclic) bond motifs is 1. The number of benzene rings is 3. The molecule has 2 amide bonds. The molecule has 0 spiro atoms. The molecule has 1 atom stereocenters. The van der Waals surface area contributed by atoms with E-state index in [4.69, 9.17) is 23.2 Å². The minimum absolute atomic E-state index is 0.0518. The Morgan fingerprint density at radius 3 is 2.28 bits per heavy atom. The number of anilines is 1. The Morgan fingerprint density at radius 2 is 1.59 bits per heavy atom. The van der Waals surface area contributed by atoms with Crippen molar-refractivity contribution < 1.29 is 9.59 Å². The van der Waals surface area contributed by atoms with Gasteiger partial charge in [-0.1, -0.05) is 53.5 Å². The third kappa shape index (κ3) is 3.74.